The van der Waals surface area contributed by atoms with Crippen molar-refractivity contribution in [2.45, 2.75) is 51.4 Å². The summed E-state index contributed by atoms with van der Waals surface area (Å²) in [5.41, 5.74) is 0.388. The number of aliphatic hydroxyl groups excluding tert-OH is 1. The maximum atomic E-state index is 9.80. The van der Waals surface area contributed by atoms with Gasteiger partial charge in [0.15, 0.2) is 0 Å². The first-order valence-electron chi connectivity index (χ1n) is 6.46. The van der Waals surface area contributed by atoms with Crippen LogP contribution >= 0.6 is 0 Å². The van der Waals surface area contributed by atoms with Gasteiger partial charge in [0, 0.05) is 6.61 Å². The molecule has 3 atom stereocenters. The van der Waals surface area contributed by atoms with Crippen LogP contribution in [0.5, 0.6) is 0 Å². The maximum absolute atomic E-state index is 9.80. The van der Waals surface area contributed by atoms with Gasteiger partial charge in [-0.15, -0.1) is 0 Å². The molecule has 0 saturated heterocycles. The molecule has 1 N–H and O–H groups in total. The van der Waals surface area contributed by atoms with E-state index in [1.54, 1.807) is 0 Å². The van der Waals surface area contributed by atoms with Crippen LogP contribution in [0.15, 0.2) is 0 Å². The van der Waals surface area contributed by atoms with Gasteiger partial charge in [-0.25, -0.2) is 0 Å². The number of hydrogen-bond acceptors (Lipinski definition) is 1. The van der Waals surface area contributed by atoms with Crippen molar-refractivity contribution in [1.82, 2.24) is 0 Å². The lowest BCUT2D eigenvalue weighted by atomic mass is 9.65. The Bertz CT molecular complexity index is 219. The third-order valence-corrected chi connectivity index (χ3v) is 5.49. The zero-order valence-electron chi connectivity index (χ0n) is 9.04. The second kappa shape index (κ2) is 3.23. The number of hydrogen-bond donors (Lipinski definition) is 1. The van der Waals surface area contributed by atoms with Crippen LogP contribution in [-0.4, -0.2) is 11.7 Å². The van der Waals surface area contributed by atoms with Crippen LogP contribution in [-0.2, 0) is 0 Å². The molecule has 80 valence electrons. The first kappa shape index (κ1) is 9.21. The first-order chi connectivity index (χ1) is 6.85. The van der Waals surface area contributed by atoms with Gasteiger partial charge >= 0.3 is 0 Å². The van der Waals surface area contributed by atoms with E-state index in [1.165, 1.54) is 51.4 Å². The van der Waals surface area contributed by atoms with Gasteiger partial charge in [-0.05, 0) is 55.3 Å². The van der Waals surface area contributed by atoms with Crippen molar-refractivity contribution in [2.75, 3.05) is 6.61 Å². The molecule has 3 saturated carbocycles. The third kappa shape index (κ3) is 1.11. The van der Waals surface area contributed by atoms with E-state index in [1.807, 2.05) is 0 Å². The standard InChI is InChI=1S/C13H22O/c14-9-13(11-3-1-2-4-11)8-10-5-6-12(13)7-10/h10-12,14H,1-9H2. The minimum atomic E-state index is 0.388. The Morgan fingerprint density at radius 2 is 1.79 bits per heavy atom. The highest BCUT2D eigenvalue weighted by Crippen LogP contribution is 2.61. The molecule has 0 amide bonds. The molecular weight excluding hydrogens is 172 g/mol. The van der Waals surface area contributed by atoms with Crippen molar-refractivity contribution >= 4 is 0 Å². The van der Waals surface area contributed by atoms with E-state index in [4.69, 9.17) is 0 Å². The van der Waals surface area contributed by atoms with Crippen molar-refractivity contribution in [3.8, 4) is 0 Å². The summed E-state index contributed by atoms with van der Waals surface area (Å²) in [7, 11) is 0. The van der Waals surface area contributed by atoms with Crippen molar-refractivity contribution in [3.05, 3.63) is 0 Å². The fourth-order valence-corrected chi connectivity index (χ4v) is 4.81. The lowest BCUT2D eigenvalue weighted by molar-refractivity contribution is 0.00873. The quantitative estimate of drug-likeness (QED) is 0.716. The fourth-order valence-electron chi connectivity index (χ4n) is 4.81. The van der Waals surface area contributed by atoms with Crippen LogP contribution in [0, 0.1) is 23.2 Å². The van der Waals surface area contributed by atoms with E-state index in [9.17, 15) is 5.11 Å². The molecule has 3 rings (SSSR count). The zero-order valence-corrected chi connectivity index (χ0v) is 9.04. The Morgan fingerprint density at radius 1 is 1.00 bits per heavy atom. The molecule has 3 unspecified atom stereocenters. The van der Waals surface area contributed by atoms with Crippen molar-refractivity contribution in [3.63, 3.8) is 0 Å². The third-order valence-electron chi connectivity index (χ3n) is 5.49. The maximum Gasteiger partial charge on any atom is 0.0492 e. The highest BCUT2D eigenvalue weighted by atomic mass is 16.3. The van der Waals surface area contributed by atoms with Crippen molar-refractivity contribution in [2.24, 2.45) is 23.2 Å². The average Bonchev–Trinajstić information content (AvgIpc) is 2.93. The predicted octanol–water partition coefficient (Wildman–Crippen LogP) is 2.98. The molecule has 0 aromatic rings. The lowest BCUT2D eigenvalue weighted by Crippen LogP contribution is -2.38. The topological polar surface area (TPSA) is 20.2 Å². The molecule has 1 heteroatoms. The molecule has 2 bridgehead atoms. The largest absolute Gasteiger partial charge is 0.396 e. The van der Waals surface area contributed by atoms with Crippen molar-refractivity contribution < 1.29 is 5.11 Å². The van der Waals surface area contributed by atoms with E-state index >= 15 is 0 Å². The van der Waals surface area contributed by atoms with Gasteiger partial charge in [-0.3, -0.25) is 0 Å². The van der Waals surface area contributed by atoms with Gasteiger partial charge in [0.2, 0.25) is 0 Å². The average molecular weight is 194 g/mol. The van der Waals surface area contributed by atoms with Crippen LogP contribution in [0.3, 0.4) is 0 Å². The zero-order chi connectivity index (χ0) is 9.60. The number of aliphatic hydroxyl groups is 1. The summed E-state index contributed by atoms with van der Waals surface area (Å²) in [6.07, 6.45) is 11.3. The second-order valence-corrected chi connectivity index (χ2v) is 5.95. The second-order valence-electron chi connectivity index (χ2n) is 5.95. The molecule has 3 fully saturated rings. The summed E-state index contributed by atoms with van der Waals surface area (Å²) < 4.78 is 0. The summed E-state index contributed by atoms with van der Waals surface area (Å²) in [6, 6.07) is 0. The molecule has 3 aliphatic rings. The summed E-state index contributed by atoms with van der Waals surface area (Å²) >= 11 is 0. The molecule has 0 aromatic heterocycles. The highest BCUT2D eigenvalue weighted by Gasteiger charge is 2.54. The monoisotopic (exact) mass is 194 g/mol. The van der Waals surface area contributed by atoms with Crippen molar-refractivity contribution in [1.29, 1.82) is 0 Å². The van der Waals surface area contributed by atoms with Gasteiger partial charge in [0.25, 0.3) is 0 Å². The Kier molecular flexibility index (Phi) is 2.12. The van der Waals surface area contributed by atoms with Gasteiger partial charge in [-0.2, -0.15) is 0 Å². The summed E-state index contributed by atoms with van der Waals surface area (Å²) in [6.45, 7) is 0.485. The summed E-state index contributed by atoms with van der Waals surface area (Å²) in [4.78, 5) is 0. The van der Waals surface area contributed by atoms with Gasteiger partial charge < -0.3 is 5.11 Å². The Morgan fingerprint density at radius 3 is 2.29 bits per heavy atom. The SMILES string of the molecule is OCC1(C2CCCC2)CC2CCC1C2. The highest BCUT2D eigenvalue weighted by molar-refractivity contribution is 5.04. The van der Waals surface area contributed by atoms with Gasteiger partial charge in [-0.1, -0.05) is 19.3 Å². The van der Waals surface area contributed by atoms with E-state index < -0.39 is 0 Å². The minimum absolute atomic E-state index is 0.388. The van der Waals surface area contributed by atoms with E-state index in [-0.39, 0.29) is 0 Å². The molecule has 0 aliphatic heterocycles. The molecule has 0 spiro atoms. The van der Waals surface area contributed by atoms with Gasteiger partial charge in [0.1, 0.15) is 0 Å². The molecule has 0 aromatic carbocycles. The first-order valence-corrected chi connectivity index (χ1v) is 6.46. The molecule has 14 heavy (non-hydrogen) atoms. The number of rotatable bonds is 2. The van der Waals surface area contributed by atoms with E-state index in [0.717, 1.165) is 17.8 Å². The molecular formula is C13H22O. The normalized spacial score (nSPS) is 47.8. The molecule has 3 aliphatic carbocycles. The number of fused-ring (bicyclic) bond motifs is 2. The predicted molar refractivity (Wildman–Crippen MR) is 56.9 cm³/mol. The van der Waals surface area contributed by atoms with Crippen LogP contribution in [0.25, 0.3) is 0 Å². The van der Waals surface area contributed by atoms with Crippen LogP contribution in [0.4, 0.5) is 0 Å². The van der Waals surface area contributed by atoms with Crippen LogP contribution < -0.4 is 0 Å². The Hall–Kier alpha value is -0.0400. The summed E-state index contributed by atoms with van der Waals surface area (Å²) in [5, 5.41) is 9.80. The molecule has 0 heterocycles. The Balaban J connectivity index is 1.84. The van der Waals surface area contributed by atoms with Crippen LogP contribution in [0.2, 0.25) is 0 Å². The lowest BCUT2D eigenvalue weighted by Gasteiger charge is -2.41. The fraction of sp³-hybridized carbons (Fsp3) is 1.00. The van der Waals surface area contributed by atoms with Gasteiger partial charge in [0.05, 0.1) is 0 Å². The van der Waals surface area contributed by atoms with E-state index in [2.05, 4.69) is 0 Å². The Labute approximate surface area is 86.9 Å². The van der Waals surface area contributed by atoms with Crippen LogP contribution in [0.1, 0.15) is 51.4 Å². The van der Waals surface area contributed by atoms with E-state index in [0.29, 0.717) is 12.0 Å². The minimum Gasteiger partial charge on any atom is -0.396 e. The molecule has 0 radical (unpaired) electrons. The smallest absolute Gasteiger partial charge is 0.0492 e. The summed E-state index contributed by atoms with van der Waals surface area (Å²) in [5.74, 6) is 2.75. The molecule has 1 nitrogen and oxygen atoms in total.